The molecule has 0 saturated carbocycles. The second-order valence-electron chi connectivity index (χ2n) is 4.32. The molecular weight excluding hydrogens is 318 g/mol. The minimum absolute atomic E-state index is 0.148. The van der Waals surface area contributed by atoms with Crippen LogP contribution in [0.4, 0.5) is 11.5 Å². The molecule has 0 aliphatic carbocycles. The third-order valence-electron chi connectivity index (χ3n) is 2.66. The Morgan fingerprint density at radius 1 is 1.30 bits per heavy atom. The molecular formula is C15H16BrN3O. The van der Waals surface area contributed by atoms with Crippen LogP contribution in [-0.2, 0) is 0 Å². The molecule has 5 heteroatoms. The summed E-state index contributed by atoms with van der Waals surface area (Å²) in [5.74, 6) is 0.568. The molecule has 0 saturated heterocycles. The zero-order valence-corrected chi connectivity index (χ0v) is 12.8. The quantitative estimate of drug-likeness (QED) is 0.871. The summed E-state index contributed by atoms with van der Waals surface area (Å²) in [6, 6.07) is 10.9. The lowest BCUT2D eigenvalue weighted by Gasteiger charge is -2.08. The van der Waals surface area contributed by atoms with E-state index in [1.54, 1.807) is 18.3 Å². The van der Waals surface area contributed by atoms with Gasteiger partial charge in [-0.2, -0.15) is 0 Å². The molecule has 0 atom stereocenters. The average Bonchev–Trinajstić information content (AvgIpc) is 2.45. The second kappa shape index (κ2) is 7.05. The summed E-state index contributed by atoms with van der Waals surface area (Å²) in [5, 5.41) is 6.02. The van der Waals surface area contributed by atoms with Gasteiger partial charge < -0.3 is 10.6 Å². The summed E-state index contributed by atoms with van der Waals surface area (Å²) in [6.07, 6.45) is 2.64. The van der Waals surface area contributed by atoms with Crippen molar-refractivity contribution in [3.63, 3.8) is 0 Å². The van der Waals surface area contributed by atoms with E-state index in [1.165, 1.54) is 0 Å². The highest BCUT2D eigenvalue weighted by Gasteiger charge is 2.07. The topological polar surface area (TPSA) is 54.0 Å². The molecule has 2 rings (SSSR count). The van der Waals surface area contributed by atoms with Gasteiger partial charge in [0.25, 0.3) is 5.91 Å². The van der Waals surface area contributed by atoms with Crippen LogP contribution in [0.3, 0.4) is 0 Å². The fourth-order valence-corrected chi connectivity index (χ4v) is 2.09. The first kappa shape index (κ1) is 14.5. The Bertz CT molecular complexity index is 601. The summed E-state index contributed by atoms with van der Waals surface area (Å²) in [4.78, 5) is 16.4. The standard InChI is InChI=1S/C15H16BrN3O/c1-2-7-17-14-9-11(6-8-18-14)15(20)19-13-5-3-4-12(16)10-13/h3-6,8-10H,2,7H2,1H3,(H,17,18)(H,19,20). The molecule has 0 fully saturated rings. The van der Waals surface area contributed by atoms with Gasteiger partial charge in [-0.05, 0) is 36.8 Å². The minimum Gasteiger partial charge on any atom is -0.370 e. The molecule has 2 aromatic rings. The number of halogens is 1. The molecule has 0 unspecified atom stereocenters. The molecule has 1 aromatic carbocycles. The Hall–Kier alpha value is -1.88. The predicted octanol–water partition coefficient (Wildman–Crippen LogP) is 3.92. The maximum absolute atomic E-state index is 12.2. The predicted molar refractivity (Wildman–Crippen MR) is 85.1 cm³/mol. The van der Waals surface area contributed by atoms with Crippen molar-refractivity contribution in [2.24, 2.45) is 0 Å². The van der Waals surface area contributed by atoms with Crippen LogP contribution in [-0.4, -0.2) is 17.4 Å². The number of nitrogens with zero attached hydrogens (tertiary/aromatic N) is 1. The van der Waals surface area contributed by atoms with Crippen molar-refractivity contribution >= 4 is 33.3 Å². The molecule has 0 radical (unpaired) electrons. The maximum atomic E-state index is 12.2. The number of rotatable bonds is 5. The van der Waals surface area contributed by atoms with E-state index in [4.69, 9.17) is 0 Å². The number of hydrogen-bond acceptors (Lipinski definition) is 3. The normalized spacial score (nSPS) is 10.1. The van der Waals surface area contributed by atoms with Gasteiger partial charge in [-0.25, -0.2) is 4.98 Å². The lowest BCUT2D eigenvalue weighted by molar-refractivity contribution is 0.102. The van der Waals surface area contributed by atoms with Crippen molar-refractivity contribution in [3.8, 4) is 0 Å². The first-order valence-electron chi connectivity index (χ1n) is 6.46. The Kier molecular flexibility index (Phi) is 5.12. The van der Waals surface area contributed by atoms with Crippen LogP contribution < -0.4 is 10.6 Å². The van der Waals surface area contributed by atoms with Crippen molar-refractivity contribution in [3.05, 3.63) is 52.6 Å². The molecule has 4 nitrogen and oxygen atoms in total. The lowest BCUT2D eigenvalue weighted by Crippen LogP contribution is -2.13. The van der Waals surface area contributed by atoms with Crippen molar-refractivity contribution in [2.75, 3.05) is 17.2 Å². The molecule has 20 heavy (non-hydrogen) atoms. The molecule has 2 N–H and O–H groups in total. The van der Waals surface area contributed by atoms with Gasteiger partial charge in [0.15, 0.2) is 0 Å². The fraction of sp³-hybridized carbons (Fsp3) is 0.200. The van der Waals surface area contributed by atoms with Crippen LogP contribution in [0.5, 0.6) is 0 Å². The highest BCUT2D eigenvalue weighted by Crippen LogP contribution is 2.17. The maximum Gasteiger partial charge on any atom is 0.255 e. The van der Waals surface area contributed by atoms with Gasteiger partial charge in [0, 0.05) is 28.5 Å². The van der Waals surface area contributed by atoms with Gasteiger partial charge in [0.05, 0.1) is 0 Å². The van der Waals surface area contributed by atoms with E-state index >= 15 is 0 Å². The molecule has 0 spiro atoms. The number of aromatic nitrogens is 1. The Morgan fingerprint density at radius 3 is 2.90 bits per heavy atom. The van der Waals surface area contributed by atoms with Crippen molar-refractivity contribution in [1.82, 2.24) is 4.98 Å². The van der Waals surface area contributed by atoms with Gasteiger partial charge in [-0.1, -0.05) is 28.9 Å². The highest BCUT2D eigenvalue weighted by molar-refractivity contribution is 9.10. The summed E-state index contributed by atoms with van der Waals surface area (Å²) in [5.41, 5.74) is 1.34. The van der Waals surface area contributed by atoms with Crippen LogP contribution in [0.25, 0.3) is 0 Å². The average molecular weight is 334 g/mol. The van der Waals surface area contributed by atoms with Gasteiger partial charge in [0.1, 0.15) is 5.82 Å². The van der Waals surface area contributed by atoms with Gasteiger partial charge >= 0.3 is 0 Å². The van der Waals surface area contributed by atoms with Crippen LogP contribution in [0.1, 0.15) is 23.7 Å². The van der Waals surface area contributed by atoms with E-state index in [0.717, 1.165) is 23.1 Å². The summed E-state index contributed by atoms with van der Waals surface area (Å²) >= 11 is 3.38. The molecule has 104 valence electrons. The minimum atomic E-state index is -0.148. The van der Waals surface area contributed by atoms with Crippen LogP contribution in [0.15, 0.2) is 47.1 Å². The Labute approximate surface area is 126 Å². The van der Waals surface area contributed by atoms with E-state index in [9.17, 15) is 4.79 Å². The second-order valence-corrected chi connectivity index (χ2v) is 5.24. The number of benzene rings is 1. The molecule has 0 bridgehead atoms. The van der Waals surface area contributed by atoms with Gasteiger partial charge in [-0.15, -0.1) is 0 Å². The first-order chi connectivity index (χ1) is 9.69. The monoisotopic (exact) mass is 333 g/mol. The van der Waals surface area contributed by atoms with Crippen molar-refractivity contribution in [1.29, 1.82) is 0 Å². The van der Waals surface area contributed by atoms with E-state index in [0.29, 0.717) is 11.4 Å². The summed E-state index contributed by atoms with van der Waals surface area (Å²) in [6.45, 7) is 2.92. The number of carbonyl (C=O) groups is 1. The molecule has 1 amide bonds. The Morgan fingerprint density at radius 2 is 2.15 bits per heavy atom. The number of anilines is 2. The van der Waals surface area contributed by atoms with Crippen molar-refractivity contribution < 1.29 is 4.79 Å². The van der Waals surface area contributed by atoms with E-state index in [-0.39, 0.29) is 5.91 Å². The van der Waals surface area contributed by atoms with E-state index < -0.39 is 0 Å². The van der Waals surface area contributed by atoms with Gasteiger partial charge in [0.2, 0.25) is 0 Å². The van der Waals surface area contributed by atoms with E-state index in [2.05, 4.69) is 38.5 Å². The fourth-order valence-electron chi connectivity index (χ4n) is 1.69. The Balaban J connectivity index is 2.09. The summed E-state index contributed by atoms with van der Waals surface area (Å²) in [7, 11) is 0. The molecule has 0 aliphatic rings. The molecule has 1 heterocycles. The third kappa shape index (κ3) is 4.06. The molecule has 1 aromatic heterocycles. The third-order valence-corrected chi connectivity index (χ3v) is 3.15. The van der Waals surface area contributed by atoms with Crippen LogP contribution in [0.2, 0.25) is 0 Å². The first-order valence-corrected chi connectivity index (χ1v) is 7.25. The highest BCUT2D eigenvalue weighted by atomic mass is 79.9. The smallest absolute Gasteiger partial charge is 0.255 e. The number of carbonyl (C=O) groups excluding carboxylic acids is 1. The zero-order chi connectivity index (χ0) is 14.4. The number of pyridine rings is 1. The number of hydrogen-bond donors (Lipinski definition) is 2. The van der Waals surface area contributed by atoms with Crippen LogP contribution in [0, 0.1) is 0 Å². The van der Waals surface area contributed by atoms with Crippen LogP contribution >= 0.6 is 15.9 Å². The molecule has 0 aliphatic heterocycles. The largest absolute Gasteiger partial charge is 0.370 e. The summed E-state index contributed by atoms with van der Waals surface area (Å²) < 4.78 is 0.926. The lowest BCUT2D eigenvalue weighted by atomic mass is 10.2. The van der Waals surface area contributed by atoms with E-state index in [1.807, 2.05) is 24.3 Å². The number of nitrogens with one attached hydrogen (secondary N) is 2. The van der Waals surface area contributed by atoms with Crippen molar-refractivity contribution in [2.45, 2.75) is 13.3 Å². The zero-order valence-electron chi connectivity index (χ0n) is 11.2. The SMILES string of the molecule is CCCNc1cc(C(=O)Nc2cccc(Br)c2)ccn1. The van der Waals surface area contributed by atoms with Gasteiger partial charge in [-0.3, -0.25) is 4.79 Å². The number of amides is 1.